The molecule has 1 unspecified atom stereocenters. The molecule has 0 aromatic carbocycles. The Labute approximate surface area is 93.6 Å². The van der Waals surface area contributed by atoms with Crippen LogP contribution in [-0.4, -0.2) is 12.3 Å². The molecular formula is C13H25NO. The van der Waals surface area contributed by atoms with Crippen molar-refractivity contribution >= 4 is 5.78 Å². The third kappa shape index (κ3) is 4.78. The second-order valence-electron chi connectivity index (χ2n) is 5.01. The lowest BCUT2D eigenvalue weighted by Crippen LogP contribution is -2.18. The van der Waals surface area contributed by atoms with E-state index in [0.29, 0.717) is 18.2 Å². The summed E-state index contributed by atoms with van der Waals surface area (Å²) >= 11 is 0. The first-order valence-corrected chi connectivity index (χ1v) is 6.46. The Kier molecular flexibility index (Phi) is 5.92. The third-order valence-corrected chi connectivity index (χ3v) is 3.61. The molecule has 0 heterocycles. The van der Waals surface area contributed by atoms with Crippen LogP contribution < -0.4 is 5.73 Å². The predicted molar refractivity (Wildman–Crippen MR) is 63.7 cm³/mol. The van der Waals surface area contributed by atoms with E-state index in [0.717, 1.165) is 19.3 Å². The zero-order valence-corrected chi connectivity index (χ0v) is 10.0. The highest BCUT2D eigenvalue weighted by Crippen LogP contribution is 2.27. The number of hydrogen-bond acceptors (Lipinski definition) is 2. The molecule has 0 aliphatic heterocycles. The molecule has 1 aliphatic rings. The molecule has 2 heteroatoms. The standard InChI is InChI=1S/C13H25NO/c1-11(6-5-9-14)13(15)10-12-7-3-2-4-8-12/h11-12H,2-10,14H2,1H3. The van der Waals surface area contributed by atoms with Crippen molar-refractivity contribution in [3.05, 3.63) is 0 Å². The van der Waals surface area contributed by atoms with E-state index < -0.39 is 0 Å². The average Bonchev–Trinajstić information content (AvgIpc) is 2.27. The number of nitrogens with two attached hydrogens (primary N) is 1. The SMILES string of the molecule is CC(CCCN)C(=O)CC1CCCCC1. The molecule has 2 nitrogen and oxygen atoms in total. The van der Waals surface area contributed by atoms with Crippen LogP contribution in [0.25, 0.3) is 0 Å². The Bertz CT molecular complexity index is 185. The largest absolute Gasteiger partial charge is 0.330 e. The molecule has 1 rings (SSSR count). The van der Waals surface area contributed by atoms with Crippen LogP contribution in [0.5, 0.6) is 0 Å². The number of hydrogen-bond donors (Lipinski definition) is 1. The van der Waals surface area contributed by atoms with E-state index in [2.05, 4.69) is 6.92 Å². The molecule has 15 heavy (non-hydrogen) atoms. The minimum atomic E-state index is 0.232. The first kappa shape index (κ1) is 12.7. The maximum atomic E-state index is 11.9. The minimum absolute atomic E-state index is 0.232. The first-order chi connectivity index (χ1) is 7.24. The van der Waals surface area contributed by atoms with E-state index >= 15 is 0 Å². The molecule has 0 radical (unpaired) electrons. The van der Waals surface area contributed by atoms with Gasteiger partial charge in [-0.05, 0) is 25.3 Å². The number of rotatable bonds is 6. The number of Topliss-reactive ketones (excluding diaryl/α,β-unsaturated/α-hetero) is 1. The van der Waals surface area contributed by atoms with E-state index in [-0.39, 0.29) is 5.92 Å². The smallest absolute Gasteiger partial charge is 0.135 e. The van der Waals surface area contributed by atoms with Gasteiger partial charge >= 0.3 is 0 Å². The molecule has 1 aliphatic carbocycles. The van der Waals surface area contributed by atoms with Gasteiger partial charge in [0.15, 0.2) is 0 Å². The van der Waals surface area contributed by atoms with Gasteiger partial charge in [0.1, 0.15) is 5.78 Å². The summed E-state index contributed by atoms with van der Waals surface area (Å²) in [7, 11) is 0. The minimum Gasteiger partial charge on any atom is -0.330 e. The second-order valence-corrected chi connectivity index (χ2v) is 5.01. The van der Waals surface area contributed by atoms with Gasteiger partial charge in [0.25, 0.3) is 0 Å². The zero-order valence-electron chi connectivity index (χ0n) is 10.0. The van der Waals surface area contributed by atoms with E-state index in [4.69, 9.17) is 5.73 Å². The molecule has 0 amide bonds. The van der Waals surface area contributed by atoms with Crippen molar-refractivity contribution in [2.75, 3.05) is 6.54 Å². The van der Waals surface area contributed by atoms with Gasteiger partial charge in [-0.3, -0.25) is 4.79 Å². The van der Waals surface area contributed by atoms with Crippen molar-refractivity contribution in [2.24, 2.45) is 17.6 Å². The van der Waals surface area contributed by atoms with Crippen LogP contribution in [0.3, 0.4) is 0 Å². The molecule has 1 atom stereocenters. The molecule has 1 fully saturated rings. The van der Waals surface area contributed by atoms with Crippen molar-refractivity contribution in [1.29, 1.82) is 0 Å². The number of carbonyl (C=O) groups is 1. The quantitative estimate of drug-likeness (QED) is 0.734. The monoisotopic (exact) mass is 211 g/mol. The Morgan fingerprint density at radius 1 is 1.33 bits per heavy atom. The summed E-state index contributed by atoms with van der Waals surface area (Å²) in [5, 5.41) is 0. The van der Waals surface area contributed by atoms with Crippen LogP contribution in [0.1, 0.15) is 58.3 Å². The molecule has 0 aromatic rings. The van der Waals surface area contributed by atoms with Crippen LogP contribution in [0.2, 0.25) is 0 Å². The fourth-order valence-corrected chi connectivity index (χ4v) is 2.46. The van der Waals surface area contributed by atoms with Crippen molar-refractivity contribution < 1.29 is 4.79 Å². The summed E-state index contributed by atoms with van der Waals surface area (Å²) in [5.41, 5.74) is 5.45. The highest BCUT2D eigenvalue weighted by molar-refractivity contribution is 5.80. The van der Waals surface area contributed by atoms with Gasteiger partial charge in [-0.2, -0.15) is 0 Å². The van der Waals surface area contributed by atoms with Crippen molar-refractivity contribution in [3.8, 4) is 0 Å². The molecule has 0 bridgehead atoms. The van der Waals surface area contributed by atoms with Crippen molar-refractivity contribution in [1.82, 2.24) is 0 Å². The van der Waals surface area contributed by atoms with E-state index in [1.807, 2.05) is 0 Å². The predicted octanol–water partition coefficient (Wildman–Crippen LogP) is 2.90. The highest BCUT2D eigenvalue weighted by Gasteiger charge is 2.20. The lowest BCUT2D eigenvalue weighted by atomic mass is 9.83. The summed E-state index contributed by atoms with van der Waals surface area (Å²) in [5.74, 6) is 1.39. The van der Waals surface area contributed by atoms with Gasteiger partial charge in [0.2, 0.25) is 0 Å². The number of carbonyl (C=O) groups excluding carboxylic acids is 1. The number of ketones is 1. The van der Waals surface area contributed by atoms with E-state index in [9.17, 15) is 4.79 Å². The van der Waals surface area contributed by atoms with Crippen LogP contribution in [0.15, 0.2) is 0 Å². The fourth-order valence-electron chi connectivity index (χ4n) is 2.46. The van der Waals surface area contributed by atoms with Crippen LogP contribution >= 0.6 is 0 Å². The Morgan fingerprint density at radius 3 is 2.60 bits per heavy atom. The lowest BCUT2D eigenvalue weighted by Gasteiger charge is -2.22. The van der Waals surface area contributed by atoms with Crippen LogP contribution in [-0.2, 0) is 4.79 Å². The maximum absolute atomic E-state index is 11.9. The molecule has 2 N–H and O–H groups in total. The lowest BCUT2D eigenvalue weighted by molar-refractivity contribution is -0.123. The van der Waals surface area contributed by atoms with Gasteiger partial charge in [0.05, 0.1) is 0 Å². The van der Waals surface area contributed by atoms with Gasteiger partial charge < -0.3 is 5.73 Å². The van der Waals surface area contributed by atoms with Gasteiger partial charge in [0, 0.05) is 12.3 Å². The third-order valence-electron chi connectivity index (χ3n) is 3.61. The summed E-state index contributed by atoms with van der Waals surface area (Å²) < 4.78 is 0. The Balaban J connectivity index is 2.20. The van der Waals surface area contributed by atoms with Crippen molar-refractivity contribution in [3.63, 3.8) is 0 Å². The molecule has 88 valence electrons. The molecule has 0 spiro atoms. The maximum Gasteiger partial charge on any atom is 0.135 e. The normalized spacial score (nSPS) is 20.1. The average molecular weight is 211 g/mol. The highest BCUT2D eigenvalue weighted by atomic mass is 16.1. The fraction of sp³-hybridized carbons (Fsp3) is 0.923. The van der Waals surface area contributed by atoms with Crippen molar-refractivity contribution in [2.45, 2.75) is 58.3 Å². The van der Waals surface area contributed by atoms with Crippen LogP contribution in [0, 0.1) is 11.8 Å². The summed E-state index contributed by atoms with van der Waals surface area (Å²) in [6.07, 6.45) is 9.35. The first-order valence-electron chi connectivity index (χ1n) is 6.46. The molecule has 0 aromatic heterocycles. The zero-order chi connectivity index (χ0) is 11.1. The molecule has 0 saturated heterocycles. The summed E-state index contributed by atoms with van der Waals surface area (Å²) in [6, 6.07) is 0. The van der Waals surface area contributed by atoms with Crippen LogP contribution in [0.4, 0.5) is 0 Å². The molecule has 1 saturated carbocycles. The van der Waals surface area contributed by atoms with E-state index in [1.165, 1.54) is 32.1 Å². The topological polar surface area (TPSA) is 43.1 Å². The summed E-state index contributed by atoms with van der Waals surface area (Å²) in [6.45, 7) is 2.77. The van der Waals surface area contributed by atoms with E-state index in [1.54, 1.807) is 0 Å². The summed E-state index contributed by atoms with van der Waals surface area (Å²) in [4.78, 5) is 11.9. The van der Waals surface area contributed by atoms with Gasteiger partial charge in [-0.15, -0.1) is 0 Å². The van der Waals surface area contributed by atoms with Gasteiger partial charge in [-0.25, -0.2) is 0 Å². The Hall–Kier alpha value is -0.370. The second kappa shape index (κ2) is 7.00. The van der Waals surface area contributed by atoms with Gasteiger partial charge in [-0.1, -0.05) is 39.0 Å². The Morgan fingerprint density at radius 2 is 2.00 bits per heavy atom. The molecular weight excluding hydrogens is 186 g/mol.